The standard InChI is InChI=1S/C19H38N2O3/c1-6-15(7-2)14-20-12-13-23-17-10-8-16(9-11-17)21-18(22)24-19(3,4)5/h15-17,20H,6-14H2,1-5H3,(H,21,22). The van der Waals surface area contributed by atoms with Gasteiger partial charge in [-0.15, -0.1) is 0 Å². The van der Waals surface area contributed by atoms with E-state index >= 15 is 0 Å². The molecule has 0 aromatic rings. The average Bonchev–Trinajstić information content (AvgIpc) is 2.50. The van der Waals surface area contributed by atoms with Gasteiger partial charge in [0.15, 0.2) is 0 Å². The Morgan fingerprint density at radius 2 is 1.75 bits per heavy atom. The summed E-state index contributed by atoms with van der Waals surface area (Å²) in [6.07, 6.45) is 6.43. The fourth-order valence-electron chi connectivity index (χ4n) is 3.03. The van der Waals surface area contributed by atoms with Crippen molar-refractivity contribution in [2.75, 3.05) is 19.7 Å². The number of hydrogen-bond donors (Lipinski definition) is 2. The highest BCUT2D eigenvalue weighted by Crippen LogP contribution is 2.21. The smallest absolute Gasteiger partial charge is 0.407 e. The Balaban J connectivity index is 2.08. The molecule has 0 aliphatic heterocycles. The summed E-state index contributed by atoms with van der Waals surface area (Å²) in [5, 5.41) is 6.45. The number of carbonyl (C=O) groups excluding carboxylic acids is 1. The van der Waals surface area contributed by atoms with Crippen LogP contribution in [0, 0.1) is 5.92 Å². The topological polar surface area (TPSA) is 59.6 Å². The lowest BCUT2D eigenvalue weighted by atomic mass is 9.93. The van der Waals surface area contributed by atoms with E-state index in [1.54, 1.807) is 0 Å². The third kappa shape index (κ3) is 9.48. The average molecular weight is 343 g/mol. The van der Waals surface area contributed by atoms with Crippen molar-refractivity contribution in [2.24, 2.45) is 5.92 Å². The van der Waals surface area contributed by atoms with Gasteiger partial charge < -0.3 is 20.1 Å². The molecule has 0 heterocycles. The van der Waals surface area contributed by atoms with Crippen LogP contribution in [0.15, 0.2) is 0 Å². The summed E-state index contributed by atoms with van der Waals surface area (Å²) in [5.74, 6) is 0.777. The first-order valence-corrected chi connectivity index (χ1v) is 9.65. The Bertz CT molecular complexity index is 343. The molecule has 0 atom stereocenters. The van der Waals surface area contributed by atoms with Crippen LogP contribution >= 0.6 is 0 Å². The number of hydrogen-bond acceptors (Lipinski definition) is 4. The molecule has 1 aliphatic carbocycles. The lowest BCUT2D eigenvalue weighted by Crippen LogP contribution is -2.42. The van der Waals surface area contributed by atoms with E-state index in [-0.39, 0.29) is 12.1 Å². The summed E-state index contributed by atoms with van der Waals surface area (Å²) in [4.78, 5) is 11.8. The van der Waals surface area contributed by atoms with Crippen LogP contribution in [0.3, 0.4) is 0 Å². The first-order chi connectivity index (χ1) is 11.3. The SMILES string of the molecule is CCC(CC)CNCCOC1CCC(NC(=O)OC(C)(C)C)CC1. The van der Waals surface area contributed by atoms with Gasteiger partial charge in [0, 0.05) is 12.6 Å². The molecule has 0 spiro atoms. The van der Waals surface area contributed by atoms with Crippen molar-refractivity contribution in [1.82, 2.24) is 10.6 Å². The van der Waals surface area contributed by atoms with E-state index in [1.807, 2.05) is 20.8 Å². The van der Waals surface area contributed by atoms with Gasteiger partial charge in [0.05, 0.1) is 12.7 Å². The zero-order valence-electron chi connectivity index (χ0n) is 16.3. The predicted octanol–water partition coefficient (Wildman–Crippen LogP) is 3.86. The first kappa shape index (κ1) is 21.2. The maximum absolute atomic E-state index is 11.8. The molecular weight excluding hydrogens is 304 g/mol. The van der Waals surface area contributed by atoms with Crippen LogP contribution in [0.1, 0.15) is 73.1 Å². The van der Waals surface area contributed by atoms with Gasteiger partial charge in [0.1, 0.15) is 5.60 Å². The van der Waals surface area contributed by atoms with E-state index in [0.717, 1.165) is 51.3 Å². The van der Waals surface area contributed by atoms with Crippen molar-refractivity contribution in [3.63, 3.8) is 0 Å². The quantitative estimate of drug-likeness (QED) is 0.625. The van der Waals surface area contributed by atoms with Crippen molar-refractivity contribution in [3.05, 3.63) is 0 Å². The second-order valence-corrected chi connectivity index (χ2v) is 7.88. The van der Waals surface area contributed by atoms with E-state index in [4.69, 9.17) is 9.47 Å². The molecule has 1 fully saturated rings. The maximum atomic E-state index is 11.8. The fraction of sp³-hybridized carbons (Fsp3) is 0.947. The zero-order valence-corrected chi connectivity index (χ0v) is 16.3. The van der Waals surface area contributed by atoms with E-state index < -0.39 is 5.60 Å². The van der Waals surface area contributed by atoms with Crippen LogP contribution in [0.4, 0.5) is 4.79 Å². The molecule has 0 radical (unpaired) electrons. The molecule has 1 aliphatic rings. The number of amides is 1. The number of nitrogens with one attached hydrogen (secondary N) is 2. The van der Waals surface area contributed by atoms with E-state index in [1.165, 1.54) is 12.8 Å². The molecule has 1 rings (SSSR count). The molecule has 2 N–H and O–H groups in total. The highest BCUT2D eigenvalue weighted by atomic mass is 16.6. The van der Waals surface area contributed by atoms with Gasteiger partial charge in [-0.1, -0.05) is 26.7 Å². The second kappa shape index (κ2) is 10.9. The van der Waals surface area contributed by atoms with Gasteiger partial charge in [0.25, 0.3) is 0 Å². The molecule has 0 unspecified atom stereocenters. The van der Waals surface area contributed by atoms with Crippen LogP contribution in [0.2, 0.25) is 0 Å². The lowest BCUT2D eigenvalue weighted by Gasteiger charge is -2.30. The van der Waals surface area contributed by atoms with Gasteiger partial charge in [-0.3, -0.25) is 0 Å². The van der Waals surface area contributed by atoms with Crippen LogP contribution in [0.25, 0.3) is 0 Å². The van der Waals surface area contributed by atoms with E-state index in [9.17, 15) is 4.79 Å². The molecule has 142 valence electrons. The number of alkyl carbamates (subject to hydrolysis) is 1. The summed E-state index contributed by atoms with van der Waals surface area (Å²) in [6.45, 7) is 12.9. The molecule has 0 aromatic heterocycles. The van der Waals surface area contributed by atoms with Crippen molar-refractivity contribution in [2.45, 2.75) is 90.9 Å². The molecule has 0 bridgehead atoms. The summed E-state index contributed by atoms with van der Waals surface area (Å²) in [5.41, 5.74) is -0.439. The number of rotatable bonds is 9. The summed E-state index contributed by atoms with van der Waals surface area (Å²) in [7, 11) is 0. The molecule has 0 saturated heterocycles. The third-order valence-corrected chi connectivity index (χ3v) is 4.62. The Morgan fingerprint density at radius 3 is 2.29 bits per heavy atom. The van der Waals surface area contributed by atoms with Crippen LogP contribution in [-0.2, 0) is 9.47 Å². The third-order valence-electron chi connectivity index (χ3n) is 4.62. The highest BCUT2D eigenvalue weighted by Gasteiger charge is 2.24. The molecule has 1 saturated carbocycles. The molecular formula is C19H38N2O3. The number of carbonyl (C=O) groups is 1. The summed E-state index contributed by atoms with van der Waals surface area (Å²) < 4.78 is 11.3. The minimum Gasteiger partial charge on any atom is -0.444 e. The van der Waals surface area contributed by atoms with Gasteiger partial charge in [-0.2, -0.15) is 0 Å². The molecule has 1 amide bonds. The van der Waals surface area contributed by atoms with Crippen LogP contribution < -0.4 is 10.6 Å². The number of ether oxygens (including phenoxy) is 2. The highest BCUT2D eigenvalue weighted by molar-refractivity contribution is 5.68. The fourth-order valence-corrected chi connectivity index (χ4v) is 3.03. The van der Waals surface area contributed by atoms with Gasteiger partial charge in [-0.25, -0.2) is 4.79 Å². The van der Waals surface area contributed by atoms with Gasteiger partial charge in [0.2, 0.25) is 0 Å². The zero-order chi connectivity index (χ0) is 18.0. The molecule has 24 heavy (non-hydrogen) atoms. The van der Waals surface area contributed by atoms with Crippen molar-refractivity contribution >= 4 is 6.09 Å². The maximum Gasteiger partial charge on any atom is 0.407 e. The monoisotopic (exact) mass is 342 g/mol. The van der Waals surface area contributed by atoms with Crippen LogP contribution in [-0.4, -0.2) is 43.5 Å². The van der Waals surface area contributed by atoms with Gasteiger partial charge >= 0.3 is 6.09 Å². The van der Waals surface area contributed by atoms with Crippen molar-refractivity contribution in [3.8, 4) is 0 Å². The largest absolute Gasteiger partial charge is 0.444 e. The Labute approximate surface area is 148 Å². The lowest BCUT2D eigenvalue weighted by molar-refractivity contribution is 0.0192. The molecule has 0 aromatic carbocycles. The Kier molecular flexibility index (Phi) is 9.67. The minimum absolute atomic E-state index is 0.215. The predicted molar refractivity (Wildman–Crippen MR) is 98.3 cm³/mol. The molecule has 5 heteroatoms. The minimum atomic E-state index is -0.439. The summed E-state index contributed by atoms with van der Waals surface area (Å²) >= 11 is 0. The first-order valence-electron chi connectivity index (χ1n) is 9.65. The second-order valence-electron chi connectivity index (χ2n) is 7.88. The normalized spacial score (nSPS) is 21.8. The van der Waals surface area contributed by atoms with Crippen LogP contribution in [0.5, 0.6) is 0 Å². The van der Waals surface area contributed by atoms with Crippen molar-refractivity contribution in [1.29, 1.82) is 0 Å². The van der Waals surface area contributed by atoms with Crippen molar-refractivity contribution < 1.29 is 14.3 Å². The van der Waals surface area contributed by atoms with Gasteiger partial charge in [-0.05, 0) is 58.9 Å². The summed E-state index contributed by atoms with van der Waals surface area (Å²) in [6, 6.07) is 0.215. The Hall–Kier alpha value is -0.810. The Morgan fingerprint density at radius 1 is 1.12 bits per heavy atom. The van der Waals surface area contributed by atoms with E-state index in [2.05, 4.69) is 24.5 Å². The molecule has 5 nitrogen and oxygen atoms in total. The van der Waals surface area contributed by atoms with E-state index in [0.29, 0.717) is 6.10 Å².